The van der Waals surface area contributed by atoms with E-state index < -0.39 is 18.7 Å². The molecule has 0 radical (unpaired) electrons. The number of rotatable bonds is 11. The van der Waals surface area contributed by atoms with Crippen molar-refractivity contribution in [3.05, 3.63) is 48.5 Å². The number of carbonyl (C=O) groups is 2. The van der Waals surface area contributed by atoms with E-state index in [0.29, 0.717) is 28.0 Å². The molecule has 0 spiro atoms. The lowest BCUT2D eigenvalue weighted by molar-refractivity contribution is -0.144. The minimum atomic E-state index is -3.15. The first-order valence-corrected chi connectivity index (χ1v) is 12.2. The number of halogens is 2. The second kappa shape index (κ2) is 10.4. The van der Waals surface area contributed by atoms with Gasteiger partial charge in [0.1, 0.15) is 28.5 Å². The van der Waals surface area contributed by atoms with Crippen LogP contribution in [0.3, 0.4) is 0 Å². The highest BCUT2D eigenvalue weighted by molar-refractivity contribution is 6.02. The standard InChI is InChI=1S/C27H26F2N4O6/c1-14(26(35)36)38-23-13-33-19(11-30-24(33)9-18(23)17-10-31-32(2)12-17)16-7-21(37-3)25(20(34)6-15-4-5-15)22(8-16)39-27(28)29/h7-15,27H,4-6H2,1-3H3,(H,35,36). The summed E-state index contributed by atoms with van der Waals surface area (Å²) in [7, 11) is 3.11. The van der Waals surface area contributed by atoms with E-state index in [-0.39, 0.29) is 40.9 Å². The van der Waals surface area contributed by atoms with Crippen LogP contribution in [0.2, 0.25) is 0 Å². The molecule has 3 heterocycles. The molecular formula is C27H26F2N4O6. The molecule has 1 atom stereocenters. The van der Waals surface area contributed by atoms with Crippen molar-refractivity contribution in [2.45, 2.75) is 38.9 Å². The minimum absolute atomic E-state index is 0.0274. The molecule has 12 heteroatoms. The summed E-state index contributed by atoms with van der Waals surface area (Å²) in [5.74, 6) is -1.18. The number of fused-ring (bicyclic) bond motifs is 1. The monoisotopic (exact) mass is 540 g/mol. The maximum atomic E-state index is 13.4. The second-order valence-electron chi connectivity index (χ2n) is 9.42. The molecular weight excluding hydrogens is 514 g/mol. The fourth-order valence-electron chi connectivity index (χ4n) is 4.39. The molecule has 3 aromatic heterocycles. The number of imidazole rings is 1. The summed E-state index contributed by atoms with van der Waals surface area (Å²) in [4.78, 5) is 29.0. The molecule has 204 valence electrons. The van der Waals surface area contributed by atoms with Gasteiger partial charge in [0.2, 0.25) is 0 Å². The third-order valence-corrected chi connectivity index (χ3v) is 6.53. The number of ether oxygens (including phenoxy) is 3. The number of Topliss-reactive ketones (excluding diaryl/α,β-unsaturated/α-hetero) is 1. The number of aryl methyl sites for hydroxylation is 1. The Balaban J connectivity index is 1.65. The molecule has 1 aromatic carbocycles. The van der Waals surface area contributed by atoms with E-state index in [9.17, 15) is 23.5 Å². The Hall–Kier alpha value is -4.48. The zero-order valence-corrected chi connectivity index (χ0v) is 21.4. The predicted molar refractivity (Wildman–Crippen MR) is 135 cm³/mol. The lowest BCUT2D eigenvalue weighted by Gasteiger charge is -2.17. The van der Waals surface area contributed by atoms with Gasteiger partial charge in [-0.25, -0.2) is 9.78 Å². The van der Waals surface area contributed by atoms with Gasteiger partial charge in [-0.15, -0.1) is 0 Å². The lowest BCUT2D eigenvalue weighted by Crippen LogP contribution is -2.23. The van der Waals surface area contributed by atoms with Gasteiger partial charge in [0.15, 0.2) is 11.9 Å². The highest BCUT2D eigenvalue weighted by Crippen LogP contribution is 2.41. The fourth-order valence-corrected chi connectivity index (χ4v) is 4.39. The van der Waals surface area contributed by atoms with Crippen LogP contribution < -0.4 is 14.2 Å². The van der Waals surface area contributed by atoms with E-state index in [1.807, 2.05) is 0 Å². The molecule has 4 aromatic rings. The largest absolute Gasteiger partial charge is 0.496 e. The van der Waals surface area contributed by atoms with Crippen LogP contribution in [0.5, 0.6) is 17.2 Å². The van der Waals surface area contributed by atoms with Crippen LogP contribution in [0.1, 0.15) is 36.5 Å². The van der Waals surface area contributed by atoms with Gasteiger partial charge in [-0.1, -0.05) is 0 Å². The molecule has 1 N–H and O–H groups in total. The van der Waals surface area contributed by atoms with E-state index in [0.717, 1.165) is 12.8 Å². The van der Waals surface area contributed by atoms with Crippen LogP contribution in [-0.4, -0.2) is 55.8 Å². The zero-order chi connectivity index (χ0) is 27.8. The van der Waals surface area contributed by atoms with Crippen LogP contribution in [0.15, 0.2) is 43.0 Å². The number of benzene rings is 1. The van der Waals surface area contributed by atoms with Crippen molar-refractivity contribution in [2.75, 3.05) is 7.11 Å². The quantitative estimate of drug-likeness (QED) is 0.269. The molecule has 39 heavy (non-hydrogen) atoms. The number of alkyl halides is 2. The molecule has 0 saturated heterocycles. The average molecular weight is 541 g/mol. The number of carboxylic acid groups (broad SMARTS) is 1. The van der Waals surface area contributed by atoms with Crippen LogP contribution in [-0.2, 0) is 11.8 Å². The second-order valence-corrected chi connectivity index (χ2v) is 9.42. The van der Waals surface area contributed by atoms with E-state index in [1.165, 1.54) is 26.3 Å². The summed E-state index contributed by atoms with van der Waals surface area (Å²) in [6.45, 7) is -1.75. The average Bonchev–Trinajstić information content (AvgIpc) is 3.43. The normalized spacial score (nSPS) is 14.0. The van der Waals surface area contributed by atoms with Gasteiger partial charge in [-0.3, -0.25) is 13.9 Å². The molecule has 1 aliphatic carbocycles. The van der Waals surface area contributed by atoms with Gasteiger partial charge in [0.05, 0.1) is 31.4 Å². The van der Waals surface area contributed by atoms with Crippen molar-refractivity contribution in [1.82, 2.24) is 19.2 Å². The highest BCUT2D eigenvalue weighted by atomic mass is 19.3. The highest BCUT2D eigenvalue weighted by Gasteiger charge is 2.30. The van der Waals surface area contributed by atoms with Crippen molar-refractivity contribution in [3.8, 4) is 39.6 Å². The van der Waals surface area contributed by atoms with Crippen LogP contribution >= 0.6 is 0 Å². The van der Waals surface area contributed by atoms with Gasteiger partial charge in [0, 0.05) is 36.4 Å². The molecule has 10 nitrogen and oxygen atoms in total. The lowest BCUT2D eigenvalue weighted by atomic mass is 10.00. The summed E-state index contributed by atoms with van der Waals surface area (Å²) in [5, 5.41) is 13.6. The molecule has 1 saturated carbocycles. The molecule has 0 aliphatic heterocycles. The molecule has 0 amide bonds. The molecule has 1 aliphatic rings. The Kier molecular flexibility index (Phi) is 6.94. The number of pyridine rings is 1. The van der Waals surface area contributed by atoms with Crippen molar-refractivity contribution in [1.29, 1.82) is 0 Å². The topological polar surface area (TPSA) is 117 Å². The Morgan fingerprint density at radius 3 is 2.44 bits per heavy atom. The predicted octanol–water partition coefficient (Wildman–Crippen LogP) is 4.85. The van der Waals surface area contributed by atoms with Crippen LogP contribution in [0, 0.1) is 5.92 Å². The van der Waals surface area contributed by atoms with Gasteiger partial charge in [-0.05, 0) is 43.9 Å². The van der Waals surface area contributed by atoms with E-state index >= 15 is 0 Å². The maximum absolute atomic E-state index is 13.4. The van der Waals surface area contributed by atoms with Crippen molar-refractivity contribution < 1.29 is 37.7 Å². The Morgan fingerprint density at radius 2 is 1.82 bits per heavy atom. The first-order valence-electron chi connectivity index (χ1n) is 12.2. The summed E-state index contributed by atoms with van der Waals surface area (Å²) in [5.41, 5.74) is 2.55. The van der Waals surface area contributed by atoms with Gasteiger partial charge in [0.25, 0.3) is 0 Å². The SMILES string of the molecule is COc1cc(-c2cnc3cc(-c4cnn(C)c4)c(OC(C)C(=O)O)cn23)cc(OC(F)F)c1C(=O)CC1CC1. The molecule has 5 rings (SSSR count). The number of ketones is 1. The van der Waals surface area contributed by atoms with Gasteiger partial charge < -0.3 is 19.3 Å². The number of carboxylic acids is 1. The Morgan fingerprint density at radius 1 is 1.08 bits per heavy atom. The number of hydrogen-bond donors (Lipinski definition) is 1. The number of carbonyl (C=O) groups excluding carboxylic acids is 1. The smallest absolute Gasteiger partial charge is 0.387 e. The van der Waals surface area contributed by atoms with Crippen molar-refractivity contribution in [2.24, 2.45) is 13.0 Å². The van der Waals surface area contributed by atoms with E-state index in [1.54, 1.807) is 46.9 Å². The van der Waals surface area contributed by atoms with Crippen LogP contribution in [0.25, 0.3) is 28.0 Å². The van der Waals surface area contributed by atoms with Gasteiger partial charge >= 0.3 is 12.6 Å². The zero-order valence-electron chi connectivity index (χ0n) is 21.4. The number of nitrogens with zero attached hydrogens (tertiary/aromatic N) is 4. The Labute approximate surface area is 221 Å². The first kappa shape index (κ1) is 26.1. The maximum Gasteiger partial charge on any atom is 0.387 e. The molecule has 1 unspecified atom stereocenters. The minimum Gasteiger partial charge on any atom is -0.496 e. The Bertz CT molecular complexity index is 1560. The van der Waals surface area contributed by atoms with E-state index in [4.69, 9.17) is 14.2 Å². The number of aliphatic carboxylic acids is 1. The van der Waals surface area contributed by atoms with E-state index in [2.05, 4.69) is 10.1 Å². The fraction of sp³-hybridized carbons (Fsp3) is 0.333. The number of aromatic nitrogens is 4. The van der Waals surface area contributed by atoms with Gasteiger partial charge in [-0.2, -0.15) is 13.9 Å². The third-order valence-electron chi connectivity index (χ3n) is 6.53. The summed E-state index contributed by atoms with van der Waals surface area (Å²) in [6.07, 6.45) is 7.38. The number of hydrogen-bond acceptors (Lipinski definition) is 7. The summed E-state index contributed by atoms with van der Waals surface area (Å²) >= 11 is 0. The van der Waals surface area contributed by atoms with Crippen molar-refractivity contribution in [3.63, 3.8) is 0 Å². The van der Waals surface area contributed by atoms with Crippen LogP contribution in [0.4, 0.5) is 8.78 Å². The number of methoxy groups -OCH3 is 1. The first-order chi connectivity index (χ1) is 18.6. The summed E-state index contributed by atoms with van der Waals surface area (Å²) in [6, 6.07) is 4.64. The molecule has 1 fully saturated rings. The summed E-state index contributed by atoms with van der Waals surface area (Å²) < 4.78 is 46.0. The van der Waals surface area contributed by atoms with Crippen molar-refractivity contribution >= 4 is 17.4 Å². The third kappa shape index (κ3) is 5.40. The molecule has 0 bridgehead atoms.